The van der Waals surface area contributed by atoms with Crippen molar-refractivity contribution in [3.8, 4) is 0 Å². The average molecular weight is 270 g/mol. The number of imidazole rings is 1. The smallest absolute Gasteiger partial charge is 0.256 e. The zero-order valence-corrected chi connectivity index (χ0v) is 11.8. The number of fused-ring (bicyclic) bond motifs is 1. The highest BCUT2D eigenvalue weighted by Gasteiger charge is 2.23. The molecule has 0 atom stereocenters. The number of anilines is 1. The molecule has 0 aliphatic carbocycles. The summed E-state index contributed by atoms with van der Waals surface area (Å²) in [6.45, 7) is 4.12. The SMILES string of the molecule is CNc1cc(C)ccc1C(=O)N1CCn2ccnc2C1. The van der Waals surface area contributed by atoms with Gasteiger partial charge in [-0.05, 0) is 24.6 Å². The van der Waals surface area contributed by atoms with Crippen molar-refractivity contribution in [1.82, 2.24) is 14.5 Å². The summed E-state index contributed by atoms with van der Waals surface area (Å²) < 4.78 is 2.10. The molecule has 1 aromatic carbocycles. The lowest BCUT2D eigenvalue weighted by Gasteiger charge is -2.28. The molecule has 5 heteroatoms. The van der Waals surface area contributed by atoms with Gasteiger partial charge in [-0.15, -0.1) is 0 Å². The highest BCUT2D eigenvalue weighted by molar-refractivity contribution is 5.99. The number of nitrogens with zero attached hydrogens (tertiary/aromatic N) is 3. The molecule has 2 aromatic rings. The van der Waals surface area contributed by atoms with Gasteiger partial charge >= 0.3 is 0 Å². The van der Waals surface area contributed by atoms with Crippen LogP contribution in [0.4, 0.5) is 5.69 Å². The molecule has 2 heterocycles. The van der Waals surface area contributed by atoms with Gasteiger partial charge in [0.25, 0.3) is 5.91 Å². The van der Waals surface area contributed by atoms with Crippen molar-refractivity contribution >= 4 is 11.6 Å². The highest BCUT2D eigenvalue weighted by Crippen LogP contribution is 2.21. The van der Waals surface area contributed by atoms with Gasteiger partial charge in [0.05, 0.1) is 12.1 Å². The van der Waals surface area contributed by atoms with E-state index in [4.69, 9.17) is 0 Å². The topological polar surface area (TPSA) is 50.2 Å². The average Bonchev–Trinajstić information content (AvgIpc) is 2.93. The van der Waals surface area contributed by atoms with Gasteiger partial charge in [0.15, 0.2) is 0 Å². The number of benzene rings is 1. The quantitative estimate of drug-likeness (QED) is 0.906. The molecule has 0 saturated heterocycles. The van der Waals surface area contributed by atoms with Crippen LogP contribution in [0, 0.1) is 6.92 Å². The Morgan fingerprint density at radius 2 is 2.20 bits per heavy atom. The Bertz CT molecular complexity index is 647. The molecule has 3 rings (SSSR count). The standard InChI is InChI=1S/C15H18N4O/c1-11-3-4-12(13(9-11)16-2)15(20)19-8-7-18-6-5-17-14(18)10-19/h3-6,9,16H,7-8,10H2,1-2H3. The van der Waals surface area contributed by atoms with Gasteiger partial charge in [0, 0.05) is 38.2 Å². The normalized spacial score (nSPS) is 14.0. The number of nitrogens with one attached hydrogen (secondary N) is 1. The van der Waals surface area contributed by atoms with Gasteiger partial charge in [-0.2, -0.15) is 0 Å². The van der Waals surface area contributed by atoms with Crippen LogP contribution >= 0.6 is 0 Å². The molecule has 5 nitrogen and oxygen atoms in total. The van der Waals surface area contributed by atoms with Crippen LogP contribution < -0.4 is 5.32 Å². The van der Waals surface area contributed by atoms with E-state index in [-0.39, 0.29) is 5.91 Å². The Labute approximate surface area is 118 Å². The maximum atomic E-state index is 12.7. The van der Waals surface area contributed by atoms with Crippen LogP contribution in [0.1, 0.15) is 21.7 Å². The molecule has 1 N–H and O–H groups in total. The Hall–Kier alpha value is -2.30. The summed E-state index contributed by atoms with van der Waals surface area (Å²) in [6, 6.07) is 5.86. The summed E-state index contributed by atoms with van der Waals surface area (Å²) in [4.78, 5) is 18.8. The Balaban J connectivity index is 1.87. The van der Waals surface area contributed by atoms with Crippen molar-refractivity contribution in [2.24, 2.45) is 0 Å². The van der Waals surface area contributed by atoms with Gasteiger partial charge in [-0.3, -0.25) is 4.79 Å². The largest absolute Gasteiger partial charge is 0.387 e. The summed E-state index contributed by atoms with van der Waals surface area (Å²) in [6.07, 6.45) is 3.75. The summed E-state index contributed by atoms with van der Waals surface area (Å²) in [5.74, 6) is 1.01. The minimum Gasteiger partial charge on any atom is -0.387 e. The van der Waals surface area contributed by atoms with E-state index in [9.17, 15) is 4.79 Å². The number of aromatic nitrogens is 2. The van der Waals surface area contributed by atoms with Gasteiger partial charge in [-0.1, -0.05) is 6.07 Å². The number of hydrogen-bond donors (Lipinski definition) is 1. The van der Waals surface area contributed by atoms with Gasteiger partial charge in [0.1, 0.15) is 5.82 Å². The maximum absolute atomic E-state index is 12.7. The van der Waals surface area contributed by atoms with Crippen LogP contribution in [-0.2, 0) is 13.1 Å². The molecule has 20 heavy (non-hydrogen) atoms. The first-order chi connectivity index (χ1) is 9.69. The molecule has 0 radical (unpaired) electrons. The first-order valence-electron chi connectivity index (χ1n) is 6.76. The molecule has 104 valence electrons. The summed E-state index contributed by atoms with van der Waals surface area (Å²) in [7, 11) is 1.84. The minimum atomic E-state index is 0.0589. The summed E-state index contributed by atoms with van der Waals surface area (Å²) >= 11 is 0. The predicted octanol–water partition coefficient (Wildman–Crippen LogP) is 1.89. The summed E-state index contributed by atoms with van der Waals surface area (Å²) in [5.41, 5.74) is 2.74. The van der Waals surface area contributed by atoms with E-state index in [2.05, 4.69) is 14.9 Å². The fraction of sp³-hybridized carbons (Fsp3) is 0.333. The molecule has 0 fully saturated rings. The zero-order chi connectivity index (χ0) is 14.1. The molecule has 0 unspecified atom stereocenters. The fourth-order valence-electron chi connectivity index (χ4n) is 2.57. The van der Waals surface area contributed by atoms with Crippen LogP contribution in [0.2, 0.25) is 0 Å². The lowest BCUT2D eigenvalue weighted by atomic mass is 10.1. The molecule has 1 aromatic heterocycles. The van der Waals surface area contributed by atoms with E-state index in [1.54, 1.807) is 6.20 Å². The van der Waals surface area contributed by atoms with Crippen LogP contribution in [0.5, 0.6) is 0 Å². The number of aryl methyl sites for hydroxylation is 1. The molecular weight excluding hydrogens is 252 g/mol. The van der Waals surface area contributed by atoms with Crippen molar-refractivity contribution in [3.63, 3.8) is 0 Å². The first kappa shape index (κ1) is 12.7. The van der Waals surface area contributed by atoms with Crippen molar-refractivity contribution < 1.29 is 4.79 Å². The van der Waals surface area contributed by atoms with Gasteiger partial charge < -0.3 is 14.8 Å². The van der Waals surface area contributed by atoms with Crippen molar-refractivity contribution in [1.29, 1.82) is 0 Å². The molecular formula is C15H18N4O. The third kappa shape index (κ3) is 2.15. The van der Waals surface area contributed by atoms with Crippen LogP contribution in [-0.4, -0.2) is 34.0 Å². The Morgan fingerprint density at radius 1 is 1.35 bits per heavy atom. The van der Waals surface area contributed by atoms with E-state index in [1.807, 2.05) is 43.3 Å². The van der Waals surface area contributed by atoms with E-state index < -0.39 is 0 Å². The second kappa shape index (κ2) is 5.00. The minimum absolute atomic E-state index is 0.0589. The maximum Gasteiger partial charge on any atom is 0.256 e. The highest BCUT2D eigenvalue weighted by atomic mass is 16.2. The third-order valence-corrected chi connectivity index (χ3v) is 3.71. The van der Waals surface area contributed by atoms with Crippen LogP contribution in [0.15, 0.2) is 30.6 Å². The van der Waals surface area contributed by atoms with Crippen LogP contribution in [0.25, 0.3) is 0 Å². The predicted molar refractivity (Wildman–Crippen MR) is 77.7 cm³/mol. The van der Waals surface area contributed by atoms with Crippen molar-refractivity contribution in [3.05, 3.63) is 47.5 Å². The Morgan fingerprint density at radius 3 is 3.00 bits per heavy atom. The molecule has 1 aliphatic heterocycles. The monoisotopic (exact) mass is 270 g/mol. The van der Waals surface area contributed by atoms with E-state index in [0.717, 1.165) is 35.7 Å². The van der Waals surface area contributed by atoms with E-state index in [1.165, 1.54) is 0 Å². The molecule has 1 amide bonds. The zero-order valence-electron chi connectivity index (χ0n) is 11.8. The van der Waals surface area contributed by atoms with Crippen LogP contribution in [0.3, 0.4) is 0 Å². The molecule has 0 bridgehead atoms. The second-order valence-corrected chi connectivity index (χ2v) is 5.06. The number of hydrogen-bond acceptors (Lipinski definition) is 3. The second-order valence-electron chi connectivity index (χ2n) is 5.06. The number of rotatable bonds is 2. The lowest BCUT2D eigenvalue weighted by Crippen LogP contribution is -2.38. The summed E-state index contributed by atoms with van der Waals surface area (Å²) in [5, 5.41) is 3.10. The molecule has 1 aliphatic rings. The van der Waals surface area contributed by atoms with Crippen molar-refractivity contribution in [2.45, 2.75) is 20.0 Å². The van der Waals surface area contributed by atoms with Gasteiger partial charge in [-0.25, -0.2) is 4.98 Å². The number of amides is 1. The number of carbonyl (C=O) groups excluding carboxylic acids is 1. The van der Waals surface area contributed by atoms with Gasteiger partial charge in [0.2, 0.25) is 0 Å². The molecule has 0 spiro atoms. The fourth-order valence-corrected chi connectivity index (χ4v) is 2.57. The first-order valence-corrected chi connectivity index (χ1v) is 6.76. The van der Waals surface area contributed by atoms with Crippen molar-refractivity contribution in [2.75, 3.05) is 18.9 Å². The van der Waals surface area contributed by atoms with E-state index >= 15 is 0 Å². The molecule has 0 saturated carbocycles. The number of carbonyl (C=O) groups is 1. The lowest BCUT2D eigenvalue weighted by molar-refractivity contribution is 0.0708. The Kier molecular flexibility index (Phi) is 3.18. The third-order valence-electron chi connectivity index (χ3n) is 3.71. The van der Waals surface area contributed by atoms with E-state index in [0.29, 0.717) is 6.54 Å².